The molecule has 6 heterocycles. The van der Waals surface area contributed by atoms with Gasteiger partial charge in [-0.05, 0) is 99.1 Å². The van der Waals surface area contributed by atoms with E-state index in [0.717, 1.165) is 6.42 Å². The second kappa shape index (κ2) is 19.7. The zero-order valence-corrected chi connectivity index (χ0v) is 40.2. The van der Waals surface area contributed by atoms with Gasteiger partial charge in [-0.3, -0.25) is 9.59 Å². The monoisotopic (exact) mass is 972 g/mol. The van der Waals surface area contributed by atoms with Gasteiger partial charge < -0.3 is 49.7 Å². The number of nitrogens with one attached hydrogen (secondary N) is 4. The van der Waals surface area contributed by atoms with Crippen LogP contribution in [0.4, 0.5) is 38.5 Å². The maximum Gasteiger partial charge on any atom is 0.407 e. The number of aromatic nitrogens is 4. The number of amides is 4. The molecule has 3 unspecified atom stereocenters. The number of ether oxygens (including phenoxy) is 2. The number of alkyl carbamates (subject to hydrolysis) is 2. The molecule has 20 heteroatoms. The van der Waals surface area contributed by atoms with Crippen molar-refractivity contribution in [2.45, 2.75) is 103 Å². The molecule has 4 amide bonds. The molecule has 0 saturated carbocycles. The van der Waals surface area contributed by atoms with E-state index in [0.29, 0.717) is 85.6 Å². The molecule has 0 bridgehead atoms. The zero-order valence-electron chi connectivity index (χ0n) is 40.2. The van der Waals surface area contributed by atoms with Crippen LogP contribution < -0.4 is 20.4 Å². The van der Waals surface area contributed by atoms with Crippen molar-refractivity contribution in [3.05, 3.63) is 82.4 Å². The van der Waals surface area contributed by atoms with Gasteiger partial charge in [0, 0.05) is 43.0 Å². The van der Waals surface area contributed by atoms with Crippen LogP contribution in [-0.2, 0) is 19.1 Å². The number of carbonyl (C=O) groups is 4. The highest BCUT2D eigenvalue weighted by atomic mass is 19.1. The molecule has 70 heavy (non-hydrogen) atoms. The van der Waals surface area contributed by atoms with Gasteiger partial charge in [-0.15, -0.1) is 0 Å². The van der Waals surface area contributed by atoms with E-state index in [4.69, 9.17) is 14.7 Å². The fraction of sp³-hybridized carbons (Fsp3) is 0.520. The molecule has 7 atom stereocenters. The van der Waals surface area contributed by atoms with Gasteiger partial charge in [-0.1, -0.05) is 27.7 Å². The Morgan fingerprint density at radius 3 is 1.73 bits per heavy atom. The number of halogens is 4. The predicted octanol–water partition coefficient (Wildman–Crippen LogP) is 8.62. The summed E-state index contributed by atoms with van der Waals surface area (Å²) in [6.45, 7) is 9.29. The quantitative estimate of drug-likeness (QED) is 0.0936. The number of imidazole rings is 2. The van der Waals surface area contributed by atoms with Gasteiger partial charge in [0.25, 0.3) is 0 Å². The zero-order chi connectivity index (χ0) is 49.7. The van der Waals surface area contributed by atoms with E-state index in [1.54, 1.807) is 31.7 Å². The Morgan fingerprint density at radius 1 is 0.700 bits per heavy atom. The van der Waals surface area contributed by atoms with E-state index in [1.165, 1.54) is 38.5 Å². The first-order valence-electron chi connectivity index (χ1n) is 24.2. The second-order valence-corrected chi connectivity index (χ2v) is 19.8. The lowest BCUT2D eigenvalue weighted by molar-refractivity contribution is -0.135. The van der Waals surface area contributed by atoms with Crippen LogP contribution in [-0.4, -0.2) is 107 Å². The molecule has 0 spiro atoms. The maximum atomic E-state index is 16.8. The fourth-order valence-corrected chi connectivity index (χ4v) is 11.5. The highest BCUT2D eigenvalue weighted by Crippen LogP contribution is 2.50. The number of piperidine rings is 1. The predicted molar refractivity (Wildman–Crippen MR) is 253 cm³/mol. The average molecular weight is 973 g/mol. The summed E-state index contributed by atoms with van der Waals surface area (Å²) in [5.41, 5.74) is 1.91. The van der Waals surface area contributed by atoms with Crippen LogP contribution in [0.15, 0.2) is 36.4 Å². The standard InChI is InChI=1S/C50H60F4N10O6/c1-25(2)44(60-50(68)70-6)48(66)63-14-8-10-42(63)47-57-36-19-30(32(52)21-38(36)59-47)40-12-11-39(64(40)28-16-33(53)45(34(54)17-28)61-23-26(3)15-27(4)24-61)29-18-35-37(20-31(29)51)58-46(56-35)41-9-7-13-62(41)43(65)22-55-49(67)69-5/h16-21,25-27,39-42,44H,7-15,22-24H2,1-6H3,(H,55,67)(H,56,58)(H,57,59)(H,60,68)/t26?,27?,39-,40-,41+,42+,44?/m1/s1. The number of benzene rings is 3. The van der Waals surface area contributed by atoms with E-state index in [-0.39, 0.29) is 71.5 Å². The van der Waals surface area contributed by atoms with Crippen LogP contribution in [0.1, 0.15) is 120 Å². The molecule has 5 aromatic rings. The molecule has 2 aromatic heterocycles. The van der Waals surface area contributed by atoms with Crippen LogP contribution in [0.2, 0.25) is 0 Å². The van der Waals surface area contributed by atoms with Crippen molar-refractivity contribution in [3.8, 4) is 0 Å². The minimum atomic E-state index is -0.851. The lowest BCUT2D eigenvalue weighted by Crippen LogP contribution is -2.51. The Kier molecular flexibility index (Phi) is 13.6. The summed E-state index contributed by atoms with van der Waals surface area (Å²) in [5.74, 6) is -2.35. The number of H-pyrrole nitrogens is 2. The molecule has 0 radical (unpaired) electrons. The summed E-state index contributed by atoms with van der Waals surface area (Å²) in [5, 5.41) is 5.06. The normalized spacial score (nSPS) is 23.2. The van der Waals surface area contributed by atoms with E-state index in [2.05, 4.69) is 39.2 Å². The fourth-order valence-electron chi connectivity index (χ4n) is 11.5. The second-order valence-electron chi connectivity index (χ2n) is 19.8. The SMILES string of the molecule is COC(=O)NCC(=O)N1CCC[C@H]1c1nc2cc([C@H]3CC[C@H](c4cc5nc([C@@H]6CCCN6C(=O)C(NC(=O)OC)C(C)C)[nH]c5cc4F)N3c3cc(F)c(N4CC(C)CC(C)C4)c(F)c3)c(F)cc2[nH]1. The lowest BCUT2D eigenvalue weighted by Gasteiger charge is -2.38. The first-order valence-corrected chi connectivity index (χ1v) is 24.2. The lowest BCUT2D eigenvalue weighted by atomic mass is 9.91. The molecule has 0 aliphatic carbocycles. The molecular formula is C50H60F4N10O6. The molecule has 4 aliphatic rings. The Hall–Kier alpha value is -6.60. The smallest absolute Gasteiger partial charge is 0.407 e. The summed E-state index contributed by atoms with van der Waals surface area (Å²) in [4.78, 5) is 73.8. The van der Waals surface area contributed by atoms with Crippen molar-refractivity contribution in [2.75, 3.05) is 56.7 Å². The number of nitrogens with zero attached hydrogens (tertiary/aromatic N) is 6. The minimum absolute atomic E-state index is 0.106. The third-order valence-electron chi connectivity index (χ3n) is 14.5. The molecule has 3 aromatic carbocycles. The van der Waals surface area contributed by atoms with Crippen molar-refractivity contribution in [1.29, 1.82) is 0 Å². The summed E-state index contributed by atoms with van der Waals surface area (Å²) in [7, 11) is 2.44. The molecule has 4 aliphatic heterocycles. The largest absolute Gasteiger partial charge is 0.453 e. The van der Waals surface area contributed by atoms with Crippen LogP contribution in [0.3, 0.4) is 0 Å². The number of carbonyl (C=O) groups excluding carboxylic acids is 4. The number of hydrogen-bond acceptors (Lipinski definition) is 10. The van der Waals surface area contributed by atoms with E-state index < -0.39 is 65.7 Å². The first kappa shape index (κ1) is 48.4. The topological polar surface area (TPSA) is 181 Å². The van der Waals surface area contributed by atoms with Gasteiger partial charge >= 0.3 is 12.2 Å². The van der Waals surface area contributed by atoms with Gasteiger partial charge in [0.2, 0.25) is 11.8 Å². The summed E-state index contributed by atoms with van der Waals surface area (Å²) in [6.07, 6.45) is 2.53. The molecule has 374 valence electrons. The maximum absolute atomic E-state index is 16.8. The number of anilines is 2. The third kappa shape index (κ3) is 9.28. The van der Waals surface area contributed by atoms with Gasteiger partial charge in [-0.25, -0.2) is 37.1 Å². The number of hydrogen-bond donors (Lipinski definition) is 4. The molecule has 4 fully saturated rings. The van der Waals surface area contributed by atoms with E-state index >= 15 is 17.6 Å². The Bertz CT molecular complexity index is 2790. The number of fused-ring (bicyclic) bond motifs is 2. The number of rotatable bonds is 11. The average Bonchev–Trinajstić information content (AvgIpc) is 4.18. The van der Waals surface area contributed by atoms with Crippen LogP contribution in [0.5, 0.6) is 0 Å². The Balaban J connectivity index is 1.07. The van der Waals surface area contributed by atoms with Crippen LogP contribution >= 0.6 is 0 Å². The molecule has 9 rings (SSSR count). The first-order chi connectivity index (χ1) is 33.5. The minimum Gasteiger partial charge on any atom is -0.453 e. The Labute approximate surface area is 402 Å². The highest BCUT2D eigenvalue weighted by molar-refractivity contribution is 5.87. The molecule has 4 saturated heterocycles. The van der Waals surface area contributed by atoms with Gasteiger partial charge in [0.1, 0.15) is 41.6 Å². The summed E-state index contributed by atoms with van der Waals surface area (Å²) in [6, 6.07) is 4.88. The van der Waals surface area contributed by atoms with E-state index in [9.17, 15) is 19.2 Å². The molecule has 16 nitrogen and oxygen atoms in total. The third-order valence-corrected chi connectivity index (χ3v) is 14.5. The molecular weight excluding hydrogens is 913 g/mol. The van der Waals surface area contributed by atoms with Crippen molar-refractivity contribution < 1.29 is 46.2 Å². The van der Waals surface area contributed by atoms with Crippen LogP contribution in [0, 0.1) is 41.0 Å². The number of aromatic amines is 2. The van der Waals surface area contributed by atoms with Gasteiger partial charge in [-0.2, -0.15) is 0 Å². The summed E-state index contributed by atoms with van der Waals surface area (Å²) < 4.78 is 76.1. The summed E-state index contributed by atoms with van der Waals surface area (Å²) >= 11 is 0. The van der Waals surface area contributed by atoms with Gasteiger partial charge in [0.15, 0.2) is 11.6 Å². The van der Waals surface area contributed by atoms with Crippen molar-refractivity contribution in [1.82, 2.24) is 40.4 Å². The Morgan fingerprint density at radius 2 is 1.21 bits per heavy atom. The van der Waals surface area contributed by atoms with Crippen molar-refractivity contribution >= 4 is 57.4 Å². The molecule has 4 N–H and O–H groups in total. The van der Waals surface area contributed by atoms with Crippen LogP contribution in [0.25, 0.3) is 22.1 Å². The van der Waals surface area contributed by atoms with E-state index in [1.807, 2.05) is 13.8 Å². The van der Waals surface area contributed by atoms with Gasteiger partial charge in [0.05, 0.1) is 60.5 Å². The van der Waals surface area contributed by atoms with Crippen molar-refractivity contribution in [3.63, 3.8) is 0 Å². The number of likely N-dealkylation sites (tertiary alicyclic amines) is 2. The highest BCUT2D eigenvalue weighted by Gasteiger charge is 2.42. The number of methoxy groups -OCH3 is 2. The van der Waals surface area contributed by atoms with Crippen molar-refractivity contribution in [2.24, 2.45) is 17.8 Å².